The summed E-state index contributed by atoms with van der Waals surface area (Å²) in [6, 6.07) is 6.87. The van der Waals surface area contributed by atoms with E-state index < -0.39 is 25.9 Å². The van der Waals surface area contributed by atoms with Crippen LogP contribution >= 0.6 is 8.46 Å². The second-order valence-electron chi connectivity index (χ2n) is 6.22. The Balaban J connectivity index is 1.96. The molecule has 7 heteroatoms. The predicted molar refractivity (Wildman–Crippen MR) is 92.1 cm³/mol. The van der Waals surface area contributed by atoms with E-state index in [4.69, 9.17) is 4.74 Å². The fourth-order valence-electron chi connectivity index (χ4n) is 2.96. The van der Waals surface area contributed by atoms with E-state index in [2.05, 4.69) is 5.32 Å². The fourth-order valence-corrected chi connectivity index (χ4v) is 3.55. The fraction of sp³-hybridized carbons (Fsp3) is 0.588. The topological polar surface area (TPSA) is 95.9 Å². The van der Waals surface area contributed by atoms with E-state index in [1.807, 2.05) is 13.0 Å². The van der Waals surface area contributed by atoms with Crippen LogP contribution in [0.25, 0.3) is 0 Å². The van der Waals surface area contributed by atoms with Gasteiger partial charge in [0.2, 0.25) is 0 Å². The average Bonchev–Trinajstić information content (AvgIpc) is 2.60. The van der Waals surface area contributed by atoms with Crippen LogP contribution in [0.4, 0.5) is 0 Å². The van der Waals surface area contributed by atoms with E-state index in [0.29, 0.717) is 31.6 Å². The molecule has 0 aromatic heterocycles. The maximum absolute atomic E-state index is 11.5. The molecule has 24 heavy (non-hydrogen) atoms. The molecule has 0 bridgehead atoms. The molecule has 6 nitrogen and oxygen atoms in total. The molecule has 1 fully saturated rings. The molecular weight excluding hydrogens is 329 g/mol. The molecule has 2 rings (SSSR count). The minimum atomic E-state index is -1.31. The first-order chi connectivity index (χ1) is 11.5. The highest BCUT2D eigenvalue weighted by Gasteiger charge is 2.47. The highest BCUT2D eigenvalue weighted by atomic mass is 31.1. The first-order valence-electron chi connectivity index (χ1n) is 8.28. The van der Waals surface area contributed by atoms with Gasteiger partial charge >= 0.3 is 14.4 Å². The lowest BCUT2D eigenvalue weighted by Gasteiger charge is -2.34. The van der Waals surface area contributed by atoms with Crippen LogP contribution in [0.15, 0.2) is 24.3 Å². The Morgan fingerprint density at radius 2 is 2.21 bits per heavy atom. The number of carboxylic acids is 1. The Hall–Kier alpha value is -1.33. The Morgan fingerprint density at radius 3 is 2.79 bits per heavy atom. The molecule has 1 aromatic carbocycles. The minimum absolute atomic E-state index is 0.0350. The predicted octanol–water partition coefficient (Wildman–Crippen LogP) is 2.19. The molecule has 3 N–H and O–H groups in total. The molecule has 4 atom stereocenters. The number of carboxylic acid groups (broad SMARTS) is 1. The number of hydrogen-bond acceptors (Lipinski definition) is 5. The summed E-state index contributed by atoms with van der Waals surface area (Å²) in [5.41, 5.74) is 1.04. The van der Waals surface area contributed by atoms with Crippen molar-refractivity contribution in [2.24, 2.45) is 0 Å². The number of hydrogen-bond donors (Lipinski definition) is 3. The van der Waals surface area contributed by atoms with Crippen LogP contribution in [0.3, 0.4) is 0 Å². The number of morpholine rings is 1. The normalized spacial score (nSPS) is 23.8. The Morgan fingerprint density at radius 1 is 1.46 bits per heavy atom. The summed E-state index contributed by atoms with van der Waals surface area (Å²) >= 11 is 0. The van der Waals surface area contributed by atoms with Gasteiger partial charge in [-0.1, -0.05) is 36.1 Å². The van der Waals surface area contributed by atoms with Gasteiger partial charge in [-0.25, -0.2) is 4.79 Å². The number of rotatable bonds is 8. The standard InChI is InChI=1S/C17H24NO5P/c1-2-3-8-17(21,24-22)15-10-18-13(11-23-15)9-12-6-4-5-7-14(12)16(19)20/h4-7,13,15,18,21H,2-3,8-11H2,1H3,(H,19,20)/p+1/t13-,15-,17?/m1/s1. The summed E-state index contributed by atoms with van der Waals surface area (Å²) in [5, 5.41) is 21.7. The van der Waals surface area contributed by atoms with Crippen molar-refractivity contribution in [2.75, 3.05) is 13.2 Å². The first kappa shape index (κ1) is 19.0. The lowest BCUT2D eigenvalue weighted by Crippen LogP contribution is -2.55. The van der Waals surface area contributed by atoms with Gasteiger partial charge in [0.1, 0.15) is 6.10 Å². The molecule has 0 radical (unpaired) electrons. The van der Waals surface area contributed by atoms with E-state index in [1.54, 1.807) is 18.2 Å². The Bertz CT molecular complexity index is 574. The average molecular weight is 354 g/mol. The van der Waals surface area contributed by atoms with Crippen molar-refractivity contribution in [1.29, 1.82) is 0 Å². The van der Waals surface area contributed by atoms with Gasteiger partial charge in [-0.2, -0.15) is 0 Å². The minimum Gasteiger partial charge on any atom is -0.478 e. The van der Waals surface area contributed by atoms with E-state index in [-0.39, 0.29) is 6.04 Å². The van der Waals surface area contributed by atoms with E-state index >= 15 is 0 Å². The van der Waals surface area contributed by atoms with E-state index in [1.165, 1.54) is 0 Å². The van der Waals surface area contributed by atoms with Gasteiger partial charge in [-0.15, -0.1) is 0 Å². The molecular formula is C17H25NO5P+. The number of ether oxygens (including phenoxy) is 1. The van der Waals surface area contributed by atoms with Crippen LogP contribution in [0.1, 0.15) is 42.1 Å². The number of benzene rings is 1. The molecule has 0 saturated carbocycles. The van der Waals surface area contributed by atoms with Gasteiger partial charge < -0.3 is 20.3 Å². The number of aromatic carboxylic acids is 1. The van der Waals surface area contributed by atoms with Crippen LogP contribution in [-0.2, 0) is 15.7 Å². The van der Waals surface area contributed by atoms with Crippen molar-refractivity contribution in [1.82, 2.24) is 5.32 Å². The third-order valence-electron chi connectivity index (χ3n) is 4.43. The van der Waals surface area contributed by atoms with Gasteiger partial charge in [0.05, 0.1) is 12.2 Å². The van der Waals surface area contributed by atoms with Crippen molar-refractivity contribution < 1.29 is 24.3 Å². The third-order valence-corrected chi connectivity index (χ3v) is 5.35. The summed E-state index contributed by atoms with van der Waals surface area (Å²) in [6.45, 7) is 2.76. The number of carbonyl (C=O) groups is 1. The van der Waals surface area contributed by atoms with Crippen LogP contribution in [0.2, 0.25) is 0 Å². The van der Waals surface area contributed by atoms with Crippen molar-refractivity contribution >= 4 is 14.4 Å². The lowest BCUT2D eigenvalue weighted by atomic mass is 9.98. The lowest BCUT2D eigenvalue weighted by molar-refractivity contribution is -0.0884. The largest absolute Gasteiger partial charge is 0.478 e. The second kappa shape index (κ2) is 8.67. The van der Waals surface area contributed by atoms with E-state index in [9.17, 15) is 19.6 Å². The maximum atomic E-state index is 11.5. The van der Waals surface area contributed by atoms with Gasteiger partial charge in [0.25, 0.3) is 5.34 Å². The Kier molecular flexibility index (Phi) is 6.87. The smallest absolute Gasteiger partial charge is 0.362 e. The van der Waals surface area contributed by atoms with Crippen LogP contribution in [0.5, 0.6) is 0 Å². The summed E-state index contributed by atoms with van der Waals surface area (Å²) in [5.74, 6) is -0.943. The van der Waals surface area contributed by atoms with Crippen molar-refractivity contribution in [3.8, 4) is 0 Å². The first-order valence-corrected chi connectivity index (χ1v) is 9.19. The zero-order valence-electron chi connectivity index (χ0n) is 13.8. The molecule has 1 saturated heterocycles. The number of unbranched alkanes of at least 4 members (excludes halogenated alkanes) is 1. The Labute approximate surface area is 143 Å². The highest BCUT2D eigenvalue weighted by molar-refractivity contribution is 7.25. The zero-order chi connectivity index (χ0) is 17.6. The van der Waals surface area contributed by atoms with Crippen LogP contribution < -0.4 is 5.32 Å². The molecule has 0 amide bonds. The van der Waals surface area contributed by atoms with Crippen molar-refractivity contribution in [3.05, 3.63) is 35.4 Å². The summed E-state index contributed by atoms with van der Waals surface area (Å²) in [7, 11) is -0.834. The van der Waals surface area contributed by atoms with Crippen LogP contribution in [0, 0.1) is 0 Å². The molecule has 2 unspecified atom stereocenters. The van der Waals surface area contributed by atoms with Gasteiger partial charge in [-0.05, 0) is 24.5 Å². The molecule has 1 aliphatic heterocycles. The molecule has 0 aliphatic carbocycles. The second-order valence-corrected chi connectivity index (χ2v) is 7.29. The monoisotopic (exact) mass is 354 g/mol. The van der Waals surface area contributed by atoms with Crippen molar-refractivity contribution in [3.63, 3.8) is 0 Å². The maximum Gasteiger partial charge on any atom is 0.362 e. The molecule has 132 valence electrons. The van der Waals surface area contributed by atoms with E-state index in [0.717, 1.165) is 18.4 Å². The SMILES string of the molecule is CCCCC(O)([PH+]=O)[C@H]1CN[C@H](Cc2ccccc2C(=O)O)CO1. The quantitative estimate of drug-likeness (QED) is 0.620. The van der Waals surface area contributed by atoms with Gasteiger partial charge in [0, 0.05) is 19.0 Å². The summed E-state index contributed by atoms with van der Waals surface area (Å²) in [4.78, 5) is 11.3. The molecule has 1 aliphatic rings. The van der Waals surface area contributed by atoms with Gasteiger partial charge in [0.15, 0.2) is 0 Å². The summed E-state index contributed by atoms with van der Waals surface area (Å²) in [6.07, 6.45) is 2.18. The summed E-state index contributed by atoms with van der Waals surface area (Å²) < 4.78 is 17.2. The van der Waals surface area contributed by atoms with Crippen molar-refractivity contribution in [2.45, 2.75) is 50.1 Å². The molecule has 1 aromatic rings. The zero-order valence-corrected chi connectivity index (χ0v) is 14.8. The highest BCUT2D eigenvalue weighted by Crippen LogP contribution is 2.33. The third kappa shape index (κ3) is 4.61. The number of aliphatic hydroxyl groups is 1. The molecule has 0 spiro atoms. The van der Waals surface area contributed by atoms with Crippen LogP contribution in [-0.4, -0.2) is 46.8 Å². The van der Waals surface area contributed by atoms with Gasteiger partial charge in [-0.3, -0.25) is 0 Å². The number of nitrogens with one attached hydrogen (secondary N) is 1. The molecule has 1 heterocycles.